The summed E-state index contributed by atoms with van der Waals surface area (Å²) < 4.78 is 3.64. The van der Waals surface area contributed by atoms with Crippen LogP contribution in [-0.2, 0) is 21.1 Å². The van der Waals surface area contributed by atoms with E-state index in [1.807, 2.05) is 0 Å². The van der Waals surface area contributed by atoms with Crippen LogP contribution in [0.15, 0.2) is 32.9 Å². The molecule has 1 aromatic carbocycles. The molecule has 3 rings (SSSR count). The summed E-state index contributed by atoms with van der Waals surface area (Å²) in [5.41, 5.74) is 1.89. The van der Waals surface area contributed by atoms with Crippen molar-refractivity contribution in [2.75, 3.05) is 5.43 Å². The fourth-order valence-corrected chi connectivity index (χ4v) is 2.54. The molecule has 0 radical (unpaired) electrons. The van der Waals surface area contributed by atoms with E-state index in [4.69, 9.17) is 0 Å². The van der Waals surface area contributed by atoms with E-state index in [0.717, 1.165) is 10.6 Å². The quantitative estimate of drug-likeness (QED) is 0.372. The number of nitrogens with zero attached hydrogens (tertiary/aromatic N) is 6. The summed E-state index contributed by atoms with van der Waals surface area (Å²) in [4.78, 5) is 38.7. The Labute approximate surface area is 150 Å². The van der Waals surface area contributed by atoms with Crippen LogP contribution < -0.4 is 16.7 Å². The molecular weight excluding hydrogens is 358 g/mol. The maximum atomic E-state index is 12.3. The average Bonchev–Trinajstić information content (AvgIpc) is 2.96. The minimum atomic E-state index is -0.591. The molecule has 0 aliphatic carbocycles. The van der Waals surface area contributed by atoms with Gasteiger partial charge in [0.1, 0.15) is 5.75 Å². The minimum absolute atomic E-state index is 0.124. The molecule has 0 aliphatic rings. The van der Waals surface area contributed by atoms with Crippen molar-refractivity contribution in [1.82, 2.24) is 18.7 Å². The third-order valence-corrected chi connectivity index (χ3v) is 4.07. The molecule has 0 atom stereocenters. The van der Waals surface area contributed by atoms with E-state index >= 15 is 0 Å². The van der Waals surface area contributed by atoms with Gasteiger partial charge >= 0.3 is 5.69 Å². The van der Waals surface area contributed by atoms with Crippen molar-refractivity contribution >= 4 is 29.0 Å². The number of nitro benzene ring substituents is 1. The van der Waals surface area contributed by atoms with Crippen molar-refractivity contribution in [3.63, 3.8) is 0 Å². The van der Waals surface area contributed by atoms with Crippen molar-refractivity contribution in [2.24, 2.45) is 26.2 Å². The minimum Gasteiger partial charge on any atom is -0.507 e. The zero-order valence-electron chi connectivity index (χ0n) is 14.6. The first-order valence-electron chi connectivity index (χ1n) is 7.61. The van der Waals surface area contributed by atoms with Crippen molar-refractivity contribution in [3.8, 4) is 5.75 Å². The number of nitro groups is 1. The fourth-order valence-electron chi connectivity index (χ4n) is 2.54. The first kappa shape index (κ1) is 17.8. The molecular formula is C15H15N7O5. The van der Waals surface area contributed by atoms with E-state index < -0.39 is 16.2 Å². The zero-order valence-corrected chi connectivity index (χ0v) is 14.6. The Morgan fingerprint density at radius 1 is 1.22 bits per heavy atom. The molecule has 0 unspecified atom stereocenters. The first-order chi connectivity index (χ1) is 12.7. The van der Waals surface area contributed by atoms with Gasteiger partial charge in [0, 0.05) is 38.8 Å². The topological polar surface area (TPSA) is 150 Å². The van der Waals surface area contributed by atoms with Crippen molar-refractivity contribution in [1.29, 1.82) is 0 Å². The van der Waals surface area contributed by atoms with Gasteiger partial charge in [-0.1, -0.05) is 0 Å². The highest BCUT2D eigenvalue weighted by atomic mass is 16.6. The molecule has 2 aromatic heterocycles. The second kappa shape index (κ2) is 6.40. The summed E-state index contributed by atoms with van der Waals surface area (Å²) in [7, 11) is 4.43. The lowest BCUT2D eigenvalue weighted by molar-refractivity contribution is -0.384. The van der Waals surface area contributed by atoms with Crippen LogP contribution in [0.25, 0.3) is 11.2 Å². The van der Waals surface area contributed by atoms with E-state index in [0.29, 0.717) is 0 Å². The van der Waals surface area contributed by atoms with E-state index in [-0.39, 0.29) is 34.1 Å². The molecule has 2 heterocycles. The third kappa shape index (κ3) is 2.92. The Morgan fingerprint density at radius 3 is 2.59 bits per heavy atom. The smallest absolute Gasteiger partial charge is 0.332 e. The van der Waals surface area contributed by atoms with Crippen LogP contribution in [0.2, 0.25) is 0 Å². The highest BCUT2D eigenvalue weighted by molar-refractivity contribution is 5.85. The lowest BCUT2D eigenvalue weighted by Crippen LogP contribution is -2.37. The monoisotopic (exact) mass is 373 g/mol. The molecule has 140 valence electrons. The summed E-state index contributed by atoms with van der Waals surface area (Å²) in [6, 6.07) is 3.52. The van der Waals surface area contributed by atoms with Gasteiger partial charge in [0.2, 0.25) is 5.95 Å². The maximum Gasteiger partial charge on any atom is 0.332 e. The average molecular weight is 373 g/mol. The van der Waals surface area contributed by atoms with Crippen molar-refractivity contribution < 1.29 is 10.0 Å². The number of non-ortho nitro benzene ring substituents is 1. The Hall–Kier alpha value is -3.96. The number of aromatic nitrogens is 4. The molecule has 0 saturated heterocycles. The van der Waals surface area contributed by atoms with Gasteiger partial charge in [0.25, 0.3) is 11.2 Å². The van der Waals surface area contributed by atoms with Gasteiger partial charge in [-0.05, 0) is 6.07 Å². The molecule has 0 amide bonds. The SMILES string of the molecule is Cn1c(=O)c2c(nc(NN=Cc3cc([N+](=O)[O-])ccc3O)n2C)n(C)c1=O. The third-order valence-electron chi connectivity index (χ3n) is 4.07. The fraction of sp³-hybridized carbons (Fsp3) is 0.200. The number of fused-ring (bicyclic) bond motifs is 1. The molecule has 0 spiro atoms. The van der Waals surface area contributed by atoms with Gasteiger partial charge in [-0.25, -0.2) is 10.2 Å². The number of aryl methyl sites for hydroxylation is 2. The lowest BCUT2D eigenvalue weighted by atomic mass is 10.2. The van der Waals surface area contributed by atoms with Crippen LogP contribution in [-0.4, -0.2) is 34.9 Å². The molecule has 0 bridgehead atoms. The zero-order chi connectivity index (χ0) is 19.9. The van der Waals surface area contributed by atoms with E-state index in [1.54, 1.807) is 7.05 Å². The molecule has 0 fully saturated rings. The number of nitrogens with one attached hydrogen (secondary N) is 1. The van der Waals surface area contributed by atoms with Gasteiger partial charge in [0.05, 0.1) is 11.1 Å². The maximum absolute atomic E-state index is 12.3. The first-order valence-corrected chi connectivity index (χ1v) is 7.61. The number of phenolic OH excluding ortho intramolecular Hbond substituents is 1. The summed E-state index contributed by atoms with van der Waals surface area (Å²) in [5, 5.41) is 24.5. The molecule has 0 saturated carbocycles. The number of aromatic hydroxyl groups is 1. The number of anilines is 1. The number of rotatable bonds is 4. The van der Waals surface area contributed by atoms with Crippen molar-refractivity contribution in [3.05, 3.63) is 54.7 Å². The standard InChI is InChI=1S/C15H15N7O5/c1-19-11-12(20(2)15(25)21(3)13(11)24)17-14(19)18-16-7-8-6-9(22(26)27)4-5-10(8)23/h4-7,23H,1-3H3,(H,17,18). The lowest BCUT2D eigenvalue weighted by Gasteiger charge is -2.03. The van der Waals surface area contributed by atoms with Gasteiger partial charge in [-0.3, -0.25) is 24.0 Å². The number of hydrogen-bond donors (Lipinski definition) is 2. The van der Waals surface area contributed by atoms with Gasteiger partial charge in [0.15, 0.2) is 11.2 Å². The van der Waals surface area contributed by atoms with E-state index in [1.165, 1.54) is 41.6 Å². The molecule has 2 N–H and O–H groups in total. The Balaban J connectivity index is 1.99. The van der Waals surface area contributed by atoms with Gasteiger partial charge < -0.3 is 9.67 Å². The summed E-state index contributed by atoms with van der Waals surface area (Å²) in [6.07, 6.45) is 1.18. The van der Waals surface area contributed by atoms with Crippen LogP contribution >= 0.6 is 0 Å². The summed E-state index contributed by atoms with van der Waals surface area (Å²) >= 11 is 0. The molecule has 3 aromatic rings. The second-order valence-corrected chi connectivity index (χ2v) is 5.74. The van der Waals surface area contributed by atoms with Crippen molar-refractivity contribution in [2.45, 2.75) is 0 Å². The second-order valence-electron chi connectivity index (χ2n) is 5.74. The van der Waals surface area contributed by atoms with Crippen LogP contribution in [0.3, 0.4) is 0 Å². The van der Waals surface area contributed by atoms with Crippen LogP contribution in [0, 0.1) is 10.1 Å². The largest absolute Gasteiger partial charge is 0.507 e. The molecule has 0 aliphatic heterocycles. The molecule has 12 heteroatoms. The van der Waals surface area contributed by atoms with Gasteiger partial charge in [-0.15, -0.1) is 0 Å². The van der Waals surface area contributed by atoms with Crippen LogP contribution in [0.4, 0.5) is 11.6 Å². The Kier molecular flexibility index (Phi) is 4.23. The van der Waals surface area contributed by atoms with Gasteiger partial charge in [-0.2, -0.15) is 10.1 Å². The normalized spacial score (nSPS) is 11.4. The number of phenols is 1. The van der Waals surface area contributed by atoms with Crippen LogP contribution in [0.5, 0.6) is 5.75 Å². The number of hydrogen-bond acceptors (Lipinski definition) is 8. The highest BCUT2D eigenvalue weighted by Crippen LogP contribution is 2.21. The predicted molar refractivity (Wildman–Crippen MR) is 97.2 cm³/mol. The Bertz CT molecular complexity index is 1220. The van der Waals surface area contributed by atoms with E-state index in [2.05, 4.69) is 15.5 Å². The summed E-state index contributed by atoms with van der Waals surface area (Å²) in [6.45, 7) is 0. The number of imidazole rings is 1. The molecule has 27 heavy (non-hydrogen) atoms. The highest BCUT2D eigenvalue weighted by Gasteiger charge is 2.16. The van der Waals surface area contributed by atoms with Crippen LogP contribution in [0.1, 0.15) is 5.56 Å². The predicted octanol–water partition coefficient (Wildman–Crippen LogP) is 0.0305. The van der Waals surface area contributed by atoms with E-state index in [9.17, 15) is 24.8 Å². The number of hydrazone groups is 1. The summed E-state index contributed by atoms with van der Waals surface area (Å²) in [5.74, 6) is -0.0168. The Morgan fingerprint density at radius 2 is 1.93 bits per heavy atom. The molecule has 12 nitrogen and oxygen atoms in total. The number of benzene rings is 1.